The molecule has 0 bridgehead atoms. The minimum Gasteiger partial charge on any atom is -0.339 e. The smallest absolute Gasteiger partial charge is 0.259 e. The Labute approximate surface area is 213 Å². The number of fused-ring (bicyclic) bond motifs is 2. The van der Waals surface area contributed by atoms with Crippen molar-refractivity contribution in [3.8, 4) is 0 Å². The van der Waals surface area contributed by atoms with Gasteiger partial charge in [-0.15, -0.1) is 0 Å². The van der Waals surface area contributed by atoms with E-state index >= 15 is 0 Å². The monoisotopic (exact) mass is 506 g/mol. The lowest BCUT2D eigenvalue weighted by Gasteiger charge is -2.31. The van der Waals surface area contributed by atoms with Crippen LogP contribution in [-0.4, -0.2) is 34.0 Å². The molecule has 0 saturated heterocycles. The molecule has 180 valence electrons. The highest BCUT2D eigenvalue weighted by Crippen LogP contribution is 2.36. The van der Waals surface area contributed by atoms with Crippen molar-refractivity contribution in [2.24, 2.45) is 0 Å². The van der Waals surface area contributed by atoms with Crippen molar-refractivity contribution in [1.29, 1.82) is 0 Å². The maximum absolute atomic E-state index is 13.8. The molecule has 35 heavy (non-hydrogen) atoms. The molecule has 2 amide bonds. The molecular formula is C28H27ClN2O3S. The second-order valence-electron chi connectivity index (χ2n) is 9.18. The summed E-state index contributed by atoms with van der Waals surface area (Å²) >= 11 is 6.21. The lowest BCUT2D eigenvalue weighted by Crippen LogP contribution is -2.38. The topological polar surface area (TPSA) is 57.7 Å². The van der Waals surface area contributed by atoms with Gasteiger partial charge in [0.15, 0.2) is 0 Å². The van der Waals surface area contributed by atoms with E-state index in [1.807, 2.05) is 30.1 Å². The molecule has 2 aliphatic rings. The second-order valence-corrected chi connectivity index (χ2v) is 11.0. The van der Waals surface area contributed by atoms with Gasteiger partial charge in [-0.25, -0.2) is 4.21 Å². The summed E-state index contributed by atoms with van der Waals surface area (Å²) in [6, 6.07) is 19.7. The third kappa shape index (κ3) is 4.65. The summed E-state index contributed by atoms with van der Waals surface area (Å²) in [5.41, 5.74) is 2.23. The van der Waals surface area contributed by atoms with Gasteiger partial charge in [-0.1, -0.05) is 55.1 Å². The fraction of sp³-hybridized carbons (Fsp3) is 0.286. The van der Waals surface area contributed by atoms with Gasteiger partial charge in [0.05, 0.1) is 38.4 Å². The van der Waals surface area contributed by atoms with Crippen molar-refractivity contribution in [2.45, 2.75) is 54.5 Å². The van der Waals surface area contributed by atoms with E-state index in [0.29, 0.717) is 31.6 Å². The Balaban J connectivity index is 1.59. The maximum Gasteiger partial charge on any atom is 0.259 e. The highest BCUT2D eigenvalue weighted by atomic mass is 35.5. The fourth-order valence-corrected chi connectivity index (χ4v) is 6.57. The van der Waals surface area contributed by atoms with Crippen molar-refractivity contribution in [3.63, 3.8) is 0 Å². The largest absolute Gasteiger partial charge is 0.339 e. The minimum atomic E-state index is -1.56. The fourth-order valence-electron chi connectivity index (χ4n) is 5.01. The number of hydrogen-bond acceptors (Lipinski definition) is 3. The Morgan fingerprint density at radius 1 is 1.00 bits per heavy atom. The summed E-state index contributed by atoms with van der Waals surface area (Å²) in [5, 5.41) is 0.576. The molecule has 1 aliphatic heterocycles. The first kappa shape index (κ1) is 23.8. The number of hydrogen-bond donors (Lipinski definition) is 0. The van der Waals surface area contributed by atoms with Crippen LogP contribution in [0.2, 0.25) is 5.02 Å². The van der Waals surface area contributed by atoms with Crippen LogP contribution in [0.5, 0.6) is 0 Å². The third-order valence-electron chi connectivity index (χ3n) is 6.93. The lowest BCUT2D eigenvalue weighted by molar-refractivity contribution is 0.0696. The van der Waals surface area contributed by atoms with E-state index < -0.39 is 10.8 Å². The molecule has 5 rings (SSSR count). The molecule has 3 aromatic carbocycles. The van der Waals surface area contributed by atoms with E-state index in [0.717, 1.165) is 31.2 Å². The average molecular weight is 507 g/mol. The minimum absolute atomic E-state index is 0.0811. The van der Waals surface area contributed by atoms with Crippen LogP contribution < -0.4 is 4.90 Å². The van der Waals surface area contributed by atoms with Crippen LogP contribution in [0.15, 0.2) is 76.5 Å². The zero-order chi connectivity index (χ0) is 24.5. The molecule has 0 N–H and O–H groups in total. The molecule has 5 nitrogen and oxygen atoms in total. The number of rotatable bonds is 4. The van der Waals surface area contributed by atoms with Gasteiger partial charge in [0.25, 0.3) is 11.8 Å². The van der Waals surface area contributed by atoms with E-state index in [1.54, 1.807) is 53.4 Å². The Morgan fingerprint density at radius 2 is 1.77 bits per heavy atom. The van der Waals surface area contributed by atoms with Gasteiger partial charge in [0, 0.05) is 23.7 Å². The number of halogens is 1. The molecule has 1 heterocycles. The Hall–Kier alpha value is -2.96. The second kappa shape index (κ2) is 9.96. The van der Waals surface area contributed by atoms with Crippen LogP contribution in [-0.2, 0) is 17.3 Å². The van der Waals surface area contributed by atoms with E-state index in [1.165, 1.54) is 6.42 Å². The van der Waals surface area contributed by atoms with Crippen LogP contribution in [0.25, 0.3) is 0 Å². The first-order chi connectivity index (χ1) is 16.9. The van der Waals surface area contributed by atoms with Gasteiger partial charge in [-0.05, 0) is 60.9 Å². The van der Waals surface area contributed by atoms with Crippen LogP contribution in [0, 0.1) is 0 Å². The van der Waals surface area contributed by atoms with Crippen LogP contribution in [0.3, 0.4) is 0 Å². The Kier molecular flexibility index (Phi) is 6.76. The number of carbonyl (C=O) groups excluding carboxylic acids is 2. The first-order valence-corrected chi connectivity index (χ1v) is 13.4. The Morgan fingerprint density at radius 3 is 2.54 bits per heavy atom. The van der Waals surface area contributed by atoms with Crippen molar-refractivity contribution in [2.75, 3.05) is 11.9 Å². The summed E-state index contributed by atoms with van der Waals surface area (Å²) in [6.45, 7) is 0.244. The normalized spacial score (nSPS) is 17.9. The van der Waals surface area contributed by atoms with Gasteiger partial charge in [0.1, 0.15) is 0 Å². The van der Waals surface area contributed by atoms with Gasteiger partial charge < -0.3 is 9.80 Å². The van der Waals surface area contributed by atoms with Crippen LogP contribution >= 0.6 is 11.6 Å². The van der Waals surface area contributed by atoms with E-state index in [9.17, 15) is 13.8 Å². The summed E-state index contributed by atoms with van der Waals surface area (Å²) in [5.74, 6) is -0.333. The molecule has 1 aliphatic carbocycles. The zero-order valence-electron chi connectivity index (χ0n) is 19.6. The molecule has 0 radical (unpaired) electrons. The standard InChI is InChI=1S/C28H27ClN2O3S/c1-30(22-10-3-2-4-11-22)27(32)20-14-15-26-24(17-20)31(18-19-8-7-9-21(29)16-19)28(33)23-12-5-6-13-25(23)35(26)34/h5-9,12-17,22H,2-4,10-11,18H2,1H3. The summed E-state index contributed by atoms with van der Waals surface area (Å²) in [6.07, 6.45) is 5.49. The molecule has 3 aromatic rings. The van der Waals surface area contributed by atoms with E-state index in [2.05, 4.69) is 0 Å². The summed E-state index contributed by atoms with van der Waals surface area (Å²) < 4.78 is 13.6. The molecular weight excluding hydrogens is 480 g/mol. The van der Waals surface area contributed by atoms with E-state index in [4.69, 9.17) is 11.6 Å². The molecule has 0 aromatic heterocycles. The van der Waals surface area contributed by atoms with Crippen molar-refractivity contribution < 1.29 is 13.8 Å². The van der Waals surface area contributed by atoms with Crippen LogP contribution in [0.1, 0.15) is 58.4 Å². The molecule has 1 saturated carbocycles. The van der Waals surface area contributed by atoms with E-state index in [-0.39, 0.29) is 24.4 Å². The van der Waals surface area contributed by atoms with Crippen molar-refractivity contribution >= 4 is 39.9 Å². The van der Waals surface area contributed by atoms with Crippen molar-refractivity contribution in [1.82, 2.24) is 4.90 Å². The summed E-state index contributed by atoms with van der Waals surface area (Å²) in [4.78, 5) is 31.6. The molecule has 0 spiro atoms. The number of amides is 2. The van der Waals surface area contributed by atoms with Crippen molar-refractivity contribution in [3.05, 3.63) is 88.4 Å². The van der Waals surface area contributed by atoms with Gasteiger partial charge in [-0.3, -0.25) is 9.59 Å². The predicted octanol–water partition coefficient (Wildman–Crippen LogP) is 6.07. The predicted molar refractivity (Wildman–Crippen MR) is 138 cm³/mol. The third-order valence-corrected chi connectivity index (χ3v) is 8.67. The summed E-state index contributed by atoms with van der Waals surface area (Å²) in [7, 11) is 0.293. The number of benzene rings is 3. The maximum atomic E-state index is 13.8. The molecule has 7 heteroatoms. The molecule has 1 atom stereocenters. The quantitative estimate of drug-likeness (QED) is 0.431. The number of carbonyl (C=O) groups is 2. The molecule has 1 fully saturated rings. The lowest BCUT2D eigenvalue weighted by atomic mass is 9.94. The van der Waals surface area contributed by atoms with Gasteiger partial charge in [-0.2, -0.15) is 0 Å². The highest BCUT2D eigenvalue weighted by Gasteiger charge is 2.32. The first-order valence-electron chi connectivity index (χ1n) is 11.9. The average Bonchev–Trinajstić information content (AvgIpc) is 2.98. The number of nitrogens with zero attached hydrogens (tertiary/aromatic N) is 2. The van der Waals surface area contributed by atoms with Gasteiger partial charge >= 0.3 is 0 Å². The Bertz CT molecular complexity index is 1320. The SMILES string of the molecule is CN(C(=O)c1ccc2c(c1)N(Cc1cccc(Cl)c1)C(=O)c1ccccc1S2=O)C1CCCCC1. The van der Waals surface area contributed by atoms with Crippen LogP contribution in [0.4, 0.5) is 5.69 Å². The highest BCUT2D eigenvalue weighted by molar-refractivity contribution is 7.85. The molecule has 1 unspecified atom stereocenters. The van der Waals surface area contributed by atoms with Gasteiger partial charge in [0.2, 0.25) is 0 Å². The number of anilines is 1. The zero-order valence-corrected chi connectivity index (χ0v) is 21.1.